The van der Waals surface area contributed by atoms with E-state index in [9.17, 15) is 9.18 Å². The van der Waals surface area contributed by atoms with Gasteiger partial charge in [0.15, 0.2) is 0 Å². The smallest absolute Gasteiger partial charge is 0.259 e. The molecule has 25 heavy (non-hydrogen) atoms. The average Bonchev–Trinajstić information content (AvgIpc) is 3.05. The Balaban J connectivity index is 1.90. The lowest BCUT2D eigenvalue weighted by molar-refractivity contribution is 0.0726. The van der Waals surface area contributed by atoms with Crippen LogP contribution in [-0.2, 0) is 0 Å². The molecule has 0 bridgehead atoms. The number of nitrogens with zero attached hydrogens (tertiary/aromatic N) is 3. The number of amides is 1. The molecular formula is C19H18FN3O2. The molecule has 1 aromatic carbocycles. The highest BCUT2D eigenvalue weighted by atomic mass is 19.1. The molecule has 1 aliphatic rings. The highest BCUT2D eigenvalue weighted by molar-refractivity contribution is 6.09. The minimum absolute atomic E-state index is 0.0732. The van der Waals surface area contributed by atoms with Gasteiger partial charge in [-0.15, -0.1) is 0 Å². The molecular weight excluding hydrogens is 321 g/mol. The molecule has 3 heterocycles. The maximum absolute atomic E-state index is 14.3. The number of aryl methyl sites for hydroxylation is 1. The number of benzene rings is 1. The van der Waals surface area contributed by atoms with Crippen molar-refractivity contribution in [2.75, 3.05) is 13.1 Å². The first-order chi connectivity index (χ1) is 12.1. The van der Waals surface area contributed by atoms with Gasteiger partial charge >= 0.3 is 0 Å². The van der Waals surface area contributed by atoms with Crippen LogP contribution in [0.1, 0.15) is 35.3 Å². The summed E-state index contributed by atoms with van der Waals surface area (Å²) in [6.07, 6.45) is 3.15. The van der Waals surface area contributed by atoms with Crippen LogP contribution in [0.4, 0.5) is 4.39 Å². The van der Waals surface area contributed by atoms with E-state index in [1.54, 1.807) is 31.2 Å². The number of hydrogen-bond acceptors (Lipinski definition) is 4. The fourth-order valence-electron chi connectivity index (χ4n) is 3.35. The number of rotatable bonds is 2. The molecule has 4 rings (SSSR count). The highest BCUT2D eigenvalue weighted by Crippen LogP contribution is 2.32. The summed E-state index contributed by atoms with van der Waals surface area (Å²) in [5.74, 6) is -0.481. The first-order valence-electron chi connectivity index (χ1n) is 8.46. The van der Waals surface area contributed by atoms with Gasteiger partial charge in [-0.3, -0.25) is 4.79 Å². The number of fused-ring (bicyclic) bond motifs is 1. The topological polar surface area (TPSA) is 59.2 Å². The van der Waals surface area contributed by atoms with Crippen molar-refractivity contribution < 1.29 is 13.7 Å². The Hall–Kier alpha value is -2.76. The van der Waals surface area contributed by atoms with Crippen molar-refractivity contribution >= 4 is 17.0 Å². The van der Waals surface area contributed by atoms with E-state index >= 15 is 0 Å². The van der Waals surface area contributed by atoms with Gasteiger partial charge in [0.05, 0.1) is 10.9 Å². The highest BCUT2D eigenvalue weighted by Gasteiger charge is 2.26. The summed E-state index contributed by atoms with van der Waals surface area (Å²) in [5.41, 5.74) is 2.03. The number of piperidine rings is 1. The third kappa shape index (κ3) is 2.77. The van der Waals surface area contributed by atoms with Crippen molar-refractivity contribution in [1.29, 1.82) is 0 Å². The van der Waals surface area contributed by atoms with Crippen molar-refractivity contribution in [3.63, 3.8) is 0 Å². The van der Waals surface area contributed by atoms with E-state index in [0.29, 0.717) is 27.9 Å². The van der Waals surface area contributed by atoms with Crippen LogP contribution in [0.15, 0.2) is 34.9 Å². The predicted octanol–water partition coefficient (Wildman–Crippen LogP) is 3.96. The third-order valence-corrected chi connectivity index (χ3v) is 4.58. The molecule has 0 unspecified atom stereocenters. The molecule has 128 valence electrons. The zero-order chi connectivity index (χ0) is 17.4. The number of hydrogen-bond donors (Lipinski definition) is 0. The van der Waals surface area contributed by atoms with Crippen LogP contribution in [0.5, 0.6) is 0 Å². The zero-order valence-corrected chi connectivity index (χ0v) is 14.0. The second kappa shape index (κ2) is 6.27. The fourth-order valence-corrected chi connectivity index (χ4v) is 3.35. The number of halogens is 1. The SMILES string of the molecule is Cc1cc(C(=O)N2CCCCC2)c2c(-c3ccccc3F)noc2n1. The largest absolute Gasteiger partial charge is 0.339 e. The van der Waals surface area contributed by atoms with Gasteiger partial charge in [-0.05, 0) is 44.4 Å². The summed E-state index contributed by atoms with van der Waals surface area (Å²) < 4.78 is 19.6. The van der Waals surface area contributed by atoms with E-state index in [1.165, 1.54) is 6.07 Å². The van der Waals surface area contributed by atoms with Gasteiger partial charge in [-0.25, -0.2) is 9.37 Å². The second-order valence-electron chi connectivity index (χ2n) is 6.36. The molecule has 6 heteroatoms. The molecule has 0 saturated carbocycles. The van der Waals surface area contributed by atoms with Gasteiger partial charge in [0.25, 0.3) is 11.6 Å². The van der Waals surface area contributed by atoms with Crippen LogP contribution in [0.25, 0.3) is 22.4 Å². The summed E-state index contributed by atoms with van der Waals surface area (Å²) in [6, 6.07) is 8.07. The van der Waals surface area contributed by atoms with E-state index in [1.807, 2.05) is 4.90 Å². The molecule has 1 fully saturated rings. The molecule has 1 amide bonds. The Morgan fingerprint density at radius 3 is 2.72 bits per heavy atom. The third-order valence-electron chi connectivity index (χ3n) is 4.58. The number of pyridine rings is 1. The number of aromatic nitrogens is 2. The van der Waals surface area contributed by atoms with Crippen molar-refractivity contribution in [3.8, 4) is 11.3 Å². The number of likely N-dealkylation sites (tertiary alicyclic amines) is 1. The van der Waals surface area contributed by atoms with Gasteiger partial charge in [0.2, 0.25) is 0 Å². The Morgan fingerprint density at radius 1 is 1.20 bits per heavy atom. The van der Waals surface area contributed by atoms with Gasteiger partial charge in [0, 0.05) is 24.3 Å². The molecule has 2 aromatic heterocycles. The minimum atomic E-state index is -0.408. The summed E-state index contributed by atoms with van der Waals surface area (Å²) in [7, 11) is 0. The monoisotopic (exact) mass is 339 g/mol. The van der Waals surface area contributed by atoms with Crippen LogP contribution < -0.4 is 0 Å². The Bertz CT molecular complexity index is 945. The molecule has 1 saturated heterocycles. The van der Waals surface area contributed by atoms with Gasteiger partial charge in [0.1, 0.15) is 11.5 Å². The first-order valence-corrected chi connectivity index (χ1v) is 8.46. The number of carbonyl (C=O) groups is 1. The quantitative estimate of drug-likeness (QED) is 0.709. The van der Waals surface area contributed by atoms with Crippen molar-refractivity contribution in [2.24, 2.45) is 0 Å². The van der Waals surface area contributed by atoms with Crippen LogP contribution in [0.3, 0.4) is 0 Å². The lowest BCUT2D eigenvalue weighted by Crippen LogP contribution is -2.35. The summed E-state index contributed by atoms with van der Waals surface area (Å²) in [6.45, 7) is 3.28. The van der Waals surface area contributed by atoms with Crippen molar-refractivity contribution in [1.82, 2.24) is 15.0 Å². The summed E-state index contributed by atoms with van der Waals surface area (Å²) in [5, 5.41) is 4.49. The predicted molar refractivity (Wildman–Crippen MR) is 91.7 cm³/mol. The summed E-state index contributed by atoms with van der Waals surface area (Å²) in [4.78, 5) is 19.2. The second-order valence-corrected chi connectivity index (χ2v) is 6.36. The molecule has 0 aliphatic carbocycles. The van der Waals surface area contributed by atoms with Crippen molar-refractivity contribution in [3.05, 3.63) is 47.4 Å². The molecule has 0 N–H and O–H groups in total. The lowest BCUT2D eigenvalue weighted by Gasteiger charge is -2.27. The van der Waals surface area contributed by atoms with E-state index in [2.05, 4.69) is 10.1 Å². The van der Waals surface area contributed by atoms with Gasteiger partial charge < -0.3 is 9.42 Å². The maximum Gasteiger partial charge on any atom is 0.259 e. The summed E-state index contributed by atoms with van der Waals surface area (Å²) >= 11 is 0. The standard InChI is InChI=1S/C19H18FN3O2/c1-12-11-14(19(24)23-9-5-2-6-10-23)16-17(22-25-18(16)21-12)13-7-3-4-8-15(13)20/h3-4,7-8,11H,2,5-6,9-10H2,1H3. The maximum atomic E-state index is 14.3. The average molecular weight is 339 g/mol. The van der Waals surface area contributed by atoms with Crippen LogP contribution in [0.2, 0.25) is 0 Å². The normalized spacial score (nSPS) is 14.9. The zero-order valence-electron chi connectivity index (χ0n) is 14.0. The van der Waals surface area contributed by atoms with Crippen LogP contribution in [0, 0.1) is 12.7 Å². The van der Waals surface area contributed by atoms with Gasteiger partial charge in [-0.1, -0.05) is 17.3 Å². The van der Waals surface area contributed by atoms with E-state index < -0.39 is 5.82 Å². The first kappa shape index (κ1) is 15.7. The fraction of sp³-hybridized carbons (Fsp3) is 0.316. The molecule has 0 radical (unpaired) electrons. The van der Waals surface area contributed by atoms with E-state index in [-0.39, 0.29) is 11.6 Å². The van der Waals surface area contributed by atoms with Crippen LogP contribution >= 0.6 is 0 Å². The van der Waals surface area contributed by atoms with E-state index in [0.717, 1.165) is 32.4 Å². The number of carbonyl (C=O) groups excluding carboxylic acids is 1. The van der Waals surface area contributed by atoms with Gasteiger partial charge in [-0.2, -0.15) is 0 Å². The molecule has 3 aromatic rings. The Labute approximate surface area is 144 Å². The Kier molecular flexibility index (Phi) is 3.95. The lowest BCUT2D eigenvalue weighted by atomic mass is 10.0. The Morgan fingerprint density at radius 2 is 1.96 bits per heavy atom. The molecule has 1 aliphatic heterocycles. The molecule has 5 nitrogen and oxygen atoms in total. The van der Waals surface area contributed by atoms with Crippen molar-refractivity contribution in [2.45, 2.75) is 26.2 Å². The van der Waals surface area contributed by atoms with Crippen LogP contribution in [-0.4, -0.2) is 34.0 Å². The van der Waals surface area contributed by atoms with E-state index in [4.69, 9.17) is 4.52 Å². The molecule has 0 atom stereocenters. The molecule has 0 spiro atoms. The minimum Gasteiger partial charge on any atom is -0.339 e.